The number of hydrogen-bond acceptors (Lipinski definition) is 3. The van der Waals surface area contributed by atoms with Gasteiger partial charge in [-0.25, -0.2) is 0 Å². The number of ether oxygens (including phenoxy) is 2. The topological polar surface area (TPSA) is 38.7 Å². The fourth-order valence-corrected chi connectivity index (χ4v) is 3.11. The Morgan fingerprint density at radius 3 is 2.71 bits per heavy atom. The number of methoxy groups -OCH3 is 1. The maximum atomic E-state index is 11.3. The van der Waals surface area contributed by atoms with E-state index in [1.807, 2.05) is 49.4 Å². The van der Waals surface area contributed by atoms with E-state index in [9.17, 15) is 5.11 Å². The number of aliphatic hydroxyl groups is 1. The van der Waals surface area contributed by atoms with Crippen molar-refractivity contribution in [1.29, 1.82) is 0 Å². The first-order chi connectivity index (χ1) is 10.2. The highest BCUT2D eigenvalue weighted by Crippen LogP contribution is 2.46. The Morgan fingerprint density at radius 2 is 1.95 bits per heavy atom. The molecule has 0 amide bonds. The van der Waals surface area contributed by atoms with E-state index >= 15 is 0 Å². The number of rotatable bonds is 4. The Labute approximate surface area is 125 Å². The van der Waals surface area contributed by atoms with Crippen LogP contribution in [0.15, 0.2) is 42.5 Å². The molecule has 1 aliphatic carbocycles. The van der Waals surface area contributed by atoms with Gasteiger partial charge in [0.1, 0.15) is 17.1 Å². The summed E-state index contributed by atoms with van der Waals surface area (Å²) in [5.41, 5.74) is 1.92. The smallest absolute Gasteiger partial charge is 0.125 e. The summed E-state index contributed by atoms with van der Waals surface area (Å²) in [5.74, 6) is 1.51. The van der Waals surface area contributed by atoms with E-state index in [0.717, 1.165) is 29.0 Å². The molecule has 1 unspecified atom stereocenters. The van der Waals surface area contributed by atoms with E-state index in [1.165, 1.54) is 5.56 Å². The van der Waals surface area contributed by atoms with E-state index in [2.05, 4.69) is 0 Å². The lowest BCUT2D eigenvalue weighted by atomic mass is 9.87. The fraction of sp³-hybridized carbons (Fsp3) is 0.333. The Kier molecular flexibility index (Phi) is 3.60. The molecule has 0 saturated carbocycles. The highest BCUT2D eigenvalue weighted by atomic mass is 16.5. The van der Waals surface area contributed by atoms with Crippen molar-refractivity contribution in [3.05, 3.63) is 59.2 Å². The average Bonchev–Trinajstić information content (AvgIpc) is 2.86. The molecule has 1 N–H and O–H groups in total. The molecular formula is C18H20O3. The summed E-state index contributed by atoms with van der Waals surface area (Å²) in [6, 6.07) is 13.6. The van der Waals surface area contributed by atoms with E-state index in [-0.39, 0.29) is 0 Å². The highest BCUT2D eigenvalue weighted by molar-refractivity contribution is 5.52. The molecular weight excluding hydrogens is 264 g/mol. The molecule has 2 aromatic rings. The zero-order chi connectivity index (χ0) is 14.9. The zero-order valence-electron chi connectivity index (χ0n) is 12.4. The normalized spacial score (nSPS) is 20.1. The SMILES string of the molecule is CCOc1ccccc1C1(O)CCc2ccc(OC)cc21. The van der Waals surface area contributed by atoms with Gasteiger partial charge in [0.25, 0.3) is 0 Å². The Balaban J connectivity index is 2.12. The lowest BCUT2D eigenvalue weighted by Gasteiger charge is -2.27. The van der Waals surface area contributed by atoms with Crippen molar-refractivity contribution < 1.29 is 14.6 Å². The summed E-state index contributed by atoms with van der Waals surface area (Å²) in [6.07, 6.45) is 1.52. The van der Waals surface area contributed by atoms with Gasteiger partial charge in [-0.05, 0) is 49.1 Å². The molecule has 3 heteroatoms. The van der Waals surface area contributed by atoms with Crippen LogP contribution in [-0.2, 0) is 12.0 Å². The van der Waals surface area contributed by atoms with Crippen LogP contribution in [0.4, 0.5) is 0 Å². The van der Waals surface area contributed by atoms with Crippen molar-refractivity contribution in [3.63, 3.8) is 0 Å². The predicted molar refractivity (Wildman–Crippen MR) is 81.9 cm³/mol. The van der Waals surface area contributed by atoms with E-state index in [4.69, 9.17) is 9.47 Å². The molecule has 0 radical (unpaired) electrons. The van der Waals surface area contributed by atoms with Crippen LogP contribution in [0.2, 0.25) is 0 Å². The van der Waals surface area contributed by atoms with Crippen molar-refractivity contribution in [2.24, 2.45) is 0 Å². The van der Waals surface area contributed by atoms with Crippen LogP contribution in [0.25, 0.3) is 0 Å². The first-order valence-electron chi connectivity index (χ1n) is 7.31. The van der Waals surface area contributed by atoms with E-state index in [0.29, 0.717) is 13.0 Å². The van der Waals surface area contributed by atoms with Crippen LogP contribution >= 0.6 is 0 Å². The summed E-state index contributed by atoms with van der Waals surface area (Å²) >= 11 is 0. The highest BCUT2D eigenvalue weighted by Gasteiger charge is 2.40. The van der Waals surface area contributed by atoms with Crippen LogP contribution in [0, 0.1) is 0 Å². The number of hydrogen-bond donors (Lipinski definition) is 1. The van der Waals surface area contributed by atoms with Gasteiger partial charge < -0.3 is 14.6 Å². The third kappa shape index (κ3) is 2.28. The van der Waals surface area contributed by atoms with Crippen LogP contribution in [0.1, 0.15) is 30.0 Å². The quantitative estimate of drug-likeness (QED) is 0.936. The first kappa shape index (κ1) is 14.0. The summed E-state index contributed by atoms with van der Waals surface area (Å²) in [7, 11) is 1.64. The molecule has 0 aromatic heterocycles. The molecule has 0 saturated heterocycles. The Hall–Kier alpha value is -2.00. The van der Waals surface area contributed by atoms with Crippen molar-refractivity contribution >= 4 is 0 Å². The molecule has 110 valence electrons. The second-order valence-electron chi connectivity index (χ2n) is 5.31. The molecule has 2 aromatic carbocycles. The maximum absolute atomic E-state index is 11.3. The summed E-state index contributed by atoms with van der Waals surface area (Å²) in [6.45, 7) is 2.53. The molecule has 0 aliphatic heterocycles. The van der Waals surface area contributed by atoms with Crippen molar-refractivity contribution in [2.45, 2.75) is 25.4 Å². The van der Waals surface area contributed by atoms with Gasteiger partial charge in [-0.1, -0.05) is 24.3 Å². The lowest BCUT2D eigenvalue weighted by Crippen LogP contribution is -2.25. The Bertz CT molecular complexity index is 651. The second kappa shape index (κ2) is 5.41. The van der Waals surface area contributed by atoms with Gasteiger partial charge in [-0.2, -0.15) is 0 Å². The number of para-hydroxylation sites is 1. The summed E-state index contributed by atoms with van der Waals surface area (Å²) in [5, 5.41) is 11.3. The minimum absolute atomic E-state index is 0.581. The first-order valence-corrected chi connectivity index (χ1v) is 7.31. The van der Waals surface area contributed by atoms with Crippen LogP contribution in [-0.4, -0.2) is 18.8 Å². The van der Waals surface area contributed by atoms with E-state index in [1.54, 1.807) is 7.11 Å². The van der Waals surface area contributed by atoms with Gasteiger partial charge in [0.15, 0.2) is 0 Å². The molecule has 0 bridgehead atoms. The predicted octanol–water partition coefficient (Wildman–Crippen LogP) is 3.28. The van der Waals surface area contributed by atoms with E-state index < -0.39 is 5.60 Å². The number of benzene rings is 2. The monoisotopic (exact) mass is 284 g/mol. The number of aryl methyl sites for hydroxylation is 1. The Morgan fingerprint density at radius 1 is 1.14 bits per heavy atom. The van der Waals surface area contributed by atoms with Gasteiger partial charge >= 0.3 is 0 Å². The van der Waals surface area contributed by atoms with Gasteiger partial charge in [0.05, 0.1) is 13.7 Å². The molecule has 21 heavy (non-hydrogen) atoms. The van der Waals surface area contributed by atoms with Crippen LogP contribution in [0.5, 0.6) is 11.5 Å². The van der Waals surface area contributed by atoms with Crippen molar-refractivity contribution in [3.8, 4) is 11.5 Å². The molecule has 0 heterocycles. The maximum Gasteiger partial charge on any atom is 0.125 e. The minimum atomic E-state index is -1.00. The molecule has 1 atom stereocenters. The van der Waals surface area contributed by atoms with Crippen molar-refractivity contribution in [2.75, 3.05) is 13.7 Å². The van der Waals surface area contributed by atoms with Gasteiger partial charge in [0.2, 0.25) is 0 Å². The largest absolute Gasteiger partial charge is 0.497 e. The van der Waals surface area contributed by atoms with Crippen LogP contribution < -0.4 is 9.47 Å². The zero-order valence-corrected chi connectivity index (χ0v) is 12.4. The van der Waals surface area contributed by atoms with Gasteiger partial charge in [-0.15, -0.1) is 0 Å². The third-order valence-electron chi connectivity index (χ3n) is 4.15. The summed E-state index contributed by atoms with van der Waals surface area (Å²) in [4.78, 5) is 0. The molecule has 3 nitrogen and oxygen atoms in total. The minimum Gasteiger partial charge on any atom is -0.497 e. The fourth-order valence-electron chi connectivity index (χ4n) is 3.11. The molecule has 0 spiro atoms. The van der Waals surface area contributed by atoms with Gasteiger partial charge in [0, 0.05) is 5.56 Å². The summed E-state index contributed by atoms with van der Waals surface area (Å²) < 4.78 is 11.0. The van der Waals surface area contributed by atoms with Gasteiger partial charge in [-0.3, -0.25) is 0 Å². The average molecular weight is 284 g/mol. The second-order valence-corrected chi connectivity index (χ2v) is 5.31. The molecule has 1 aliphatic rings. The lowest BCUT2D eigenvalue weighted by molar-refractivity contribution is 0.0790. The molecule has 3 rings (SSSR count). The standard InChI is InChI=1S/C18H20O3/c1-3-21-17-7-5-4-6-15(17)18(19)11-10-13-8-9-14(20-2)12-16(13)18/h4-9,12,19H,3,10-11H2,1-2H3. The number of fused-ring (bicyclic) bond motifs is 1. The third-order valence-corrected chi connectivity index (χ3v) is 4.15. The van der Waals surface area contributed by atoms with Crippen LogP contribution in [0.3, 0.4) is 0 Å². The van der Waals surface area contributed by atoms with Crippen molar-refractivity contribution in [1.82, 2.24) is 0 Å². The molecule has 0 fully saturated rings.